The van der Waals surface area contributed by atoms with Gasteiger partial charge in [0.05, 0.1) is 0 Å². The third-order valence-corrected chi connectivity index (χ3v) is 3.29. The third-order valence-electron chi connectivity index (χ3n) is 2.17. The number of rotatable bonds is 4. The summed E-state index contributed by atoms with van der Waals surface area (Å²) in [7, 11) is 0. The first kappa shape index (κ1) is 9.10. The molecule has 1 N–H and O–H groups in total. The minimum absolute atomic E-state index is 0.894. The van der Waals surface area contributed by atoms with Crippen molar-refractivity contribution in [2.24, 2.45) is 0 Å². The van der Waals surface area contributed by atoms with Crippen molar-refractivity contribution in [3.63, 3.8) is 0 Å². The molecular formula is C11H15NS. The molecule has 1 aromatic rings. The fourth-order valence-electron chi connectivity index (χ4n) is 1.13. The maximum absolute atomic E-state index is 3.40. The predicted molar refractivity (Wildman–Crippen MR) is 58.6 cm³/mol. The van der Waals surface area contributed by atoms with Crippen LogP contribution in [-0.4, -0.2) is 5.25 Å². The van der Waals surface area contributed by atoms with E-state index >= 15 is 0 Å². The molecule has 0 aliphatic heterocycles. The SMILES string of the molecule is Cc1ccc(CNSC2CC2)cc1. The monoisotopic (exact) mass is 193 g/mol. The second-order valence-corrected chi connectivity index (χ2v) is 4.81. The Labute approximate surface area is 84.1 Å². The Hall–Kier alpha value is -0.470. The topological polar surface area (TPSA) is 12.0 Å². The smallest absolute Gasteiger partial charge is 0.0310 e. The van der Waals surface area contributed by atoms with E-state index in [1.807, 2.05) is 11.9 Å². The lowest BCUT2D eigenvalue weighted by Crippen LogP contribution is -2.04. The number of hydrogen-bond acceptors (Lipinski definition) is 2. The fraction of sp³-hybridized carbons (Fsp3) is 0.455. The van der Waals surface area contributed by atoms with Crippen molar-refractivity contribution in [2.75, 3.05) is 0 Å². The van der Waals surface area contributed by atoms with Gasteiger partial charge in [-0.2, -0.15) is 0 Å². The molecule has 1 saturated carbocycles. The zero-order chi connectivity index (χ0) is 9.10. The van der Waals surface area contributed by atoms with E-state index in [1.165, 1.54) is 24.0 Å². The maximum Gasteiger partial charge on any atom is 0.0310 e. The summed E-state index contributed by atoms with van der Waals surface area (Å²) in [6.45, 7) is 3.11. The molecule has 70 valence electrons. The first-order valence-corrected chi connectivity index (χ1v) is 5.66. The summed E-state index contributed by atoms with van der Waals surface area (Å²) >= 11 is 1.89. The zero-order valence-electron chi connectivity index (χ0n) is 7.92. The van der Waals surface area contributed by atoms with E-state index < -0.39 is 0 Å². The third kappa shape index (κ3) is 3.05. The van der Waals surface area contributed by atoms with Crippen LogP contribution in [0.2, 0.25) is 0 Å². The molecule has 0 aromatic heterocycles. The molecule has 1 fully saturated rings. The van der Waals surface area contributed by atoms with Crippen LogP contribution in [0.25, 0.3) is 0 Å². The zero-order valence-corrected chi connectivity index (χ0v) is 8.73. The van der Waals surface area contributed by atoms with Gasteiger partial charge in [0.1, 0.15) is 0 Å². The Kier molecular flexibility index (Phi) is 2.91. The molecular weight excluding hydrogens is 178 g/mol. The molecule has 0 unspecified atom stereocenters. The normalized spacial score (nSPS) is 16.1. The van der Waals surface area contributed by atoms with Crippen molar-refractivity contribution in [1.29, 1.82) is 0 Å². The van der Waals surface area contributed by atoms with Gasteiger partial charge < -0.3 is 0 Å². The van der Waals surface area contributed by atoms with E-state index in [9.17, 15) is 0 Å². The van der Waals surface area contributed by atoms with E-state index in [2.05, 4.69) is 35.9 Å². The highest BCUT2D eigenvalue weighted by Crippen LogP contribution is 2.31. The van der Waals surface area contributed by atoms with Gasteiger partial charge in [-0.25, -0.2) is 0 Å². The molecule has 0 amide bonds. The minimum Gasteiger partial charge on any atom is -0.259 e. The highest BCUT2D eigenvalue weighted by atomic mass is 32.2. The quantitative estimate of drug-likeness (QED) is 0.738. The van der Waals surface area contributed by atoms with Gasteiger partial charge in [-0.15, -0.1) is 0 Å². The lowest BCUT2D eigenvalue weighted by atomic mass is 10.2. The van der Waals surface area contributed by atoms with E-state index in [-0.39, 0.29) is 0 Å². The fourth-order valence-corrected chi connectivity index (χ4v) is 1.99. The summed E-state index contributed by atoms with van der Waals surface area (Å²) < 4.78 is 3.40. The average molecular weight is 193 g/mol. The van der Waals surface area contributed by atoms with Crippen molar-refractivity contribution < 1.29 is 0 Å². The molecule has 2 heteroatoms. The van der Waals surface area contributed by atoms with Crippen LogP contribution in [0.1, 0.15) is 24.0 Å². The molecule has 0 bridgehead atoms. The molecule has 1 aromatic carbocycles. The van der Waals surface area contributed by atoms with Gasteiger partial charge in [-0.05, 0) is 25.3 Å². The predicted octanol–water partition coefficient (Wildman–Crippen LogP) is 2.90. The number of benzene rings is 1. The molecule has 2 rings (SSSR count). The van der Waals surface area contributed by atoms with Gasteiger partial charge in [0.15, 0.2) is 0 Å². The Balaban J connectivity index is 1.76. The van der Waals surface area contributed by atoms with Crippen molar-refractivity contribution in [3.05, 3.63) is 35.4 Å². The van der Waals surface area contributed by atoms with Gasteiger partial charge in [-0.1, -0.05) is 41.8 Å². The highest BCUT2D eigenvalue weighted by Gasteiger charge is 2.21. The van der Waals surface area contributed by atoms with Crippen LogP contribution < -0.4 is 4.72 Å². The van der Waals surface area contributed by atoms with Crippen LogP contribution in [0.3, 0.4) is 0 Å². The van der Waals surface area contributed by atoms with Crippen LogP contribution in [0.5, 0.6) is 0 Å². The summed E-state index contributed by atoms with van der Waals surface area (Å²) in [6, 6.07) is 8.71. The molecule has 13 heavy (non-hydrogen) atoms. The van der Waals surface area contributed by atoms with Crippen molar-refractivity contribution >= 4 is 11.9 Å². The van der Waals surface area contributed by atoms with E-state index in [1.54, 1.807) is 0 Å². The highest BCUT2D eigenvalue weighted by molar-refractivity contribution is 7.98. The summed E-state index contributed by atoms with van der Waals surface area (Å²) in [5, 5.41) is 0.894. The minimum atomic E-state index is 0.894. The molecule has 0 atom stereocenters. The summed E-state index contributed by atoms with van der Waals surface area (Å²) in [4.78, 5) is 0. The molecule has 1 aliphatic rings. The van der Waals surface area contributed by atoms with Gasteiger partial charge in [0.25, 0.3) is 0 Å². The second-order valence-electron chi connectivity index (χ2n) is 3.62. The summed E-state index contributed by atoms with van der Waals surface area (Å²) in [5.41, 5.74) is 2.71. The average Bonchev–Trinajstić information content (AvgIpc) is 2.92. The van der Waals surface area contributed by atoms with Crippen LogP contribution in [0.4, 0.5) is 0 Å². The van der Waals surface area contributed by atoms with Crippen molar-refractivity contribution in [2.45, 2.75) is 31.6 Å². The standard InChI is InChI=1S/C11H15NS/c1-9-2-4-10(5-3-9)8-12-13-11-6-7-11/h2-5,11-12H,6-8H2,1H3. The molecule has 0 heterocycles. The van der Waals surface area contributed by atoms with Gasteiger partial charge in [0, 0.05) is 11.8 Å². The van der Waals surface area contributed by atoms with Crippen LogP contribution >= 0.6 is 11.9 Å². The lowest BCUT2D eigenvalue weighted by Gasteiger charge is -2.03. The largest absolute Gasteiger partial charge is 0.259 e. The Morgan fingerprint density at radius 1 is 1.31 bits per heavy atom. The van der Waals surface area contributed by atoms with Crippen molar-refractivity contribution in [3.8, 4) is 0 Å². The second kappa shape index (κ2) is 4.16. The molecule has 0 saturated heterocycles. The Morgan fingerprint density at radius 2 is 2.00 bits per heavy atom. The number of hydrogen-bond donors (Lipinski definition) is 1. The van der Waals surface area contributed by atoms with Crippen LogP contribution in [-0.2, 0) is 6.54 Å². The van der Waals surface area contributed by atoms with Gasteiger partial charge in [-0.3, -0.25) is 4.72 Å². The lowest BCUT2D eigenvalue weighted by molar-refractivity contribution is 0.973. The van der Waals surface area contributed by atoms with E-state index in [0.717, 1.165) is 11.8 Å². The first-order valence-electron chi connectivity index (χ1n) is 4.78. The van der Waals surface area contributed by atoms with E-state index in [0.29, 0.717) is 0 Å². The summed E-state index contributed by atoms with van der Waals surface area (Å²) in [6.07, 6.45) is 2.79. The Morgan fingerprint density at radius 3 is 2.62 bits per heavy atom. The van der Waals surface area contributed by atoms with Crippen LogP contribution in [0.15, 0.2) is 24.3 Å². The van der Waals surface area contributed by atoms with Crippen molar-refractivity contribution in [1.82, 2.24) is 4.72 Å². The number of aryl methyl sites for hydroxylation is 1. The molecule has 1 aliphatic carbocycles. The van der Waals surface area contributed by atoms with E-state index in [4.69, 9.17) is 0 Å². The Bertz CT molecular complexity index is 264. The molecule has 0 spiro atoms. The van der Waals surface area contributed by atoms with Gasteiger partial charge >= 0.3 is 0 Å². The van der Waals surface area contributed by atoms with Crippen LogP contribution in [0, 0.1) is 6.92 Å². The van der Waals surface area contributed by atoms with Gasteiger partial charge in [0.2, 0.25) is 0 Å². The molecule has 0 radical (unpaired) electrons. The molecule has 1 nitrogen and oxygen atoms in total. The maximum atomic E-state index is 3.40. The number of nitrogens with one attached hydrogen (secondary N) is 1. The first-order chi connectivity index (χ1) is 6.34. The summed E-state index contributed by atoms with van der Waals surface area (Å²) in [5.74, 6) is 0.